The minimum atomic E-state index is 0.209. The van der Waals surface area contributed by atoms with E-state index in [9.17, 15) is 0 Å². The molecule has 0 radical (unpaired) electrons. The topological polar surface area (TPSA) is 47.6 Å². The molecule has 2 aromatic carbocycles. The van der Waals surface area contributed by atoms with E-state index < -0.39 is 0 Å². The molecule has 0 spiro atoms. The summed E-state index contributed by atoms with van der Waals surface area (Å²) in [6, 6.07) is 13.6. The summed E-state index contributed by atoms with van der Waals surface area (Å²) in [7, 11) is 0. The molecule has 1 heterocycles. The molecule has 0 atom stereocenters. The number of para-hydroxylation sites is 1. The summed E-state index contributed by atoms with van der Waals surface area (Å²) >= 11 is 5.64. The maximum atomic E-state index is 5.95. The molecule has 0 fully saturated rings. The van der Waals surface area contributed by atoms with E-state index in [4.69, 9.17) is 22.1 Å². The zero-order valence-electron chi connectivity index (χ0n) is 10.7. The molecular weight excluding hydrogens is 272 g/mol. The van der Waals surface area contributed by atoms with Gasteiger partial charge in [0.15, 0.2) is 0 Å². The van der Waals surface area contributed by atoms with Crippen LogP contribution in [0.4, 0.5) is 5.69 Å². The van der Waals surface area contributed by atoms with E-state index in [-0.39, 0.29) is 5.88 Å². The second kappa shape index (κ2) is 5.39. The van der Waals surface area contributed by atoms with Crippen LogP contribution < -0.4 is 10.5 Å². The van der Waals surface area contributed by atoms with E-state index in [0.717, 1.165) is 28.3 Å². The Morgan fingerprint density at radius 1 is 1.05 bits per heavy atom. The number of hydrogen-bond donors (Lipinski definition) is 1. The Hall–Kier alpha value is -2.26. The van der Waals surface area contributed by atoms with Gasteiger partial charge >= 0.3 is 0 Å². The summed E-state index contributed by atoms with van der Waals surface area (Å²) < 4.78 is 5.95. The van der Waals surface area contributed by atoms with Gasteiger partial charge in [0, 0.05) is 17.2 Å². The Morgan fingerprint density at radius 2 is 1.80 bits per heavy atom. The summed E-state index contributed by atoms with van der Waals surface area (Å²) in [6.45, 7) is 0. The van der Waals surface area contributed by atoms with E-state index in [0.29, 0.717) is 5.84 Å². The van der Waals surface area contributed by atoms with Crippen LogP contribution in [0.3, 0.4) is 0 Å². The van der Waals surface area contributed by atoms with E-state index in [1.54, 1.807) is 0 Å². The molecule has 0 amide bonds. The molecule has 0 saturated heterocycles. The van der Waals surface area contributed by atoms with Gasteiger partial charge in [0.05, 0.1) is 11.6 Å². The number of fused-ring (bicyclic) bond motifs is 2. The highest BCUT2D eigenvalue weighted by Crippen LogP contribution is 2.35. The van der Waals surface area contributed by atoms with Crippen LogP contribution in [-0.4, -0.2) is 11.7 Å². The molecule has 0 saturated carbocycles. The highest BCUT2D eigenvalue weighted by Gasteiger charge is 2.10. The van der Waals surface area contributed by atoms with Crippen molar-refractivity contribution in [3.05, 3.63) is 53.6 Å². The van der Waals surface area contributed by atoms with Gasteiger partial charge in [-0.1, -0.05) is 30.4 Å². The molecule has 3 rings (SSSR count). The van der Waals surface area contributed by atoms with Crippen molar-refractivity contribution < 1.29 is 4.74 Å². The SMILES string of the molecule is NC(CCl)=Nc1ccc2c(c1)Oc1ccccc1C=C2. The van der Waals surface area contributed by atoms with Gasteiger partial charge in [-0.2, -0.15) is 0 Å². The third kappa shape index (κ3) is 2.53. The lowest BCUT2D eigenvalue weighted by molar-refractivity contribution is 0.481. The smallest absolute Gasteiger partial charge is 0.136 e. The van der Waals surface area contributed by atoms with Gasteiger partial charge in [-0.05, 0) is 18.2 Å². The average Bonchev–Trinajstić information content (AvgIpc) is 2.65. The highest BCUT2D eigenvalue weighted by molar-refractivity contribution is 6.28. The van der Waals surface area contributed by atoms with Crippen LogP contribution in [0, 0.1) is 0 Å². The number of halogens is 1. The third-order valence-electron chi connectivity index (χ3n) is 2.99. The predicted octanol–water partition coefficient (Wildman–Crippen LogP) is 4.19. The van der Waals surface area contributed by atoms with Crippen LogP contribution in [0.15, 0.2) is 47.5 Å². The van der Waals surface area contributed by atoms with Crippen LogP contribution in [0.2, 0.25) is 0 Å². The second-order valence-corrected chi connectivity index (χ2v) is 4.70. The van der Waals surface area contributed by atoms with Crippen LogP contribution in [0.5, 0.6) is 11.5 Å². The minimum absolute atomic E-state index is 0.209. The van der Waals surface area contributed by atoms with Crippen molar-refractivity contribution in [1.29, 1.82) is 0 Å². The number of nitrogens with zero attached hydrogens (tertiary/aromatic N) is 1. The second-order valence-electron chi connectivity index (χ2n) is 4.43. The summed E-state index contributed by atoms with van der Waals surface area (Å²) in [4.78, 5) is 4.23. The first-order chi connectivity index (χ1) is 9.76. The molecule has 2 aromatic rings. The van der Waals surface area contributed by atoms with Crippen LogP contribution >= 0.6 is 11.6 Å². The Kier molecular flexibility index (Phi) is 3.44. The summed E-state index contributed by atoms with van der Waals surface area (Å²) in [5.74, 6) is 2.18. The fraction of sp³-hybridized carbons (Fsp3) is 0.0625. The molecule has 20 heavy (non-hydrogen) atoms. The van der Waals surface area contributed by atoms with Crippen LogP contribution in [-0.2, 0) is 0 Å². The lowest BCUT2D eigenvalue weighted by Gasteiger charge is -2.09. The van der Waals surface area contributed by atoms with Crippen molar-refractivity contribution in [1.82, 2.24) is 0 Å². The first-order valence-corrected chi connectivity index (χ1v) is 6.78. The molecule has 1 aliphatic rings. The lowest BCUT2D eigenvalue weighted by Crippen LogP contribution is -2.12. The van der Waals surface area contributed by atoms with Gasteiger partial charge in [0.1, 0.15) is 17.3 Å². The van der Waals surface area contributed by atoms with Gasteiger partial charge in [0.2, 0.25) is 0 Å². The van der Waals surface area contributed by atoms with Gasteiger partial charge in [-0.15, -0.1) is 11.6 Å². The molecule has 2 N–H and O–H groups in total. The van der Waals surface area contributed by atoms with Crippen molar-refractivity contribution in [3.8, 4) is 11.5 Å². The Morgan fingerprint density at radius 3 is 2.60 bits per heavy atom. The quantitative estimate of drug-likeness (QED) is 0.436. The van der Waals surface area contributed by atoms with E-state index in [1.807, 2.05) is 54.6 Å². The summed E-state index contributed by atoms with van der Waals surface area (Å²) in [5.41, 5.74) is 8.44. The molecule has 4 heteroatoms. The van der Waals surface area contributed by atoms with Gasteiger partial charge < -0.3 is 10.5 Å². The monoisotopic (exact) mass is 284 g/mol. The summed E-state index contributed by atoms with van der Waals surface area (Å²) in [6.07, 6.45) is 4.07. The van der Waals surface area contributed by atoms with Crippen LogP contribution in [0.1, 0.15) is 11.1 Å². The fourth-order valence-corrected chi connectivity index (χ4v) is 2.08. The predicted molar refractivity (Wildman–Crippen MR) is 83.9 cm³/mol. The third-order valence-corrected chi connectivity index (χ3v) is 3.26. The van der Waals surface area contributed by atoms with Crippen molar-refractivity contribution in [2.45, 2.75) is 0 Å². The van der Waals surface area contributed by atoms with E-state index in [2.05, 4.69) is 4.99 Å². The molecule has 100 valence electrons. The normalized spacial score (nSPS) is 13.2. The molecular formula is C16H13ClN2O. The molecule has 1 aliphatic heterocycles. The highest BCUT2D eigenvalue weighted by atomic mass is 35.5. The number of rotatable bonds is 2. The largest absolute Gasteiger partial charge is 0.456 e. The zero-order valence-corrected chi connectivity index (χ0v) is 11.5. The van der Waals surface area contributed by atoms with Gasteiger partial charge in [-0.3, -0.25) is 0 Å². The number of hydrogen-bond acceptors (Lipinski definition) is 2. The Labute approximate surface area is 122 Å². The Bertz CT molecular complexity index is 707. The fourth-order valence-electron chi connectivity index (χ4n) is 2.02. The zero-order chi connectivity index (χ0) is 13.9. The van der Waals surface area contributed by atoms with E-state index >= 15 is 0 Å². The number of alkyl halides is 1. The molecule has 0 bridgehead atoms. The van der Waals surface area contributed by atoms with Crippen molar-refractivity contribution in [2.75, 3.05) is 5.88 Å². The average molecular weight is 285 g/mol. The number of nitrogens with two attached hydrogens (primary N) is 1. The van der Waals surface area contributed by atoms with E-state index in [1.165, 1.54) is 0 Å². The van der Waals surface area contributed by atoms with Crippen molar-refractivity contribution in [3.63, 3.8) is 0 Å². The minimum Gasteiger partial charge on any atom is -0.456 e. The van der Waals surface area contributed by atoms with Crippen LogP contribution in [0.25, 0.3) is 12.2 Å². The number of ether oxygens (including phenoxy) is 1. The number of benzene rings is 2. The standard InChI is InChI=1S/C16H13ClN2O/c17-10-16(18)19-13-8-7-12-6-5-11-3-1-2-4-14(11)20-15(12)9-13/h1-9H,10H2,(H2,18,19). The van der Waals surface area contributed by atoms with Crippen molar-refractivity contribution >= 4 is 35.3 Å². The molecule has 0 aliphatic carbocycles. The first-order valence-electron chi connectivity index (χ1n) is 6.24. The molecule has 0 aromatic heterocycles. The Balaban J connectivity index is 2.03. The number of amidine groups is 1. The van der Waals surface area contributed by atoms with Crippen molar-refractivity contribution in [2.24, 2.45) is 10.7 Å². The lowest BCUT2D eigenvalue weighted by atomic mass is 10.1. The molecule has 3 nitrogen and oxygen atoms in total. The van der Waals surface area contributed by atoms with Gasteiger partial charge in [0.25, 0.3) is 0 Å². The van der Waals surface area contributed by atoms with Gasteiger partial charge in [-0.25, -0.2) is 4.99 Å². The first kappa shape index (κ1) is 12.8. The molecule has 0 unspecified atom stereocenters. The number of aliphatic imine (C=N–C) groups is 1. The maximum Gasteiger partial charge on any atom is 0.136 e. The summed E-state index contributed by atoms with van der Waals surface area (Å²) in [5, 5.41) is 0. The maximum absolute atomic E-state index is 5.95.